The van der Waals surface area contributed by atoms with Crippen molar-refractivity contribution in [3.05, 3.63) is 90.5 Å². The number of nitrogens with one attached hydrogen (secondary N) is 1. The molecule has 2 aromatic carbocycles. The molecule has 3 amide bonds. The number of ether oxygens (including phenoxy) is 3. The van der Waals surface area contributed by atoms with Crippen LogP contribution in [0.1, 0.15) is 42.1 Å². The maximum atomic E-state index is 14.8. The van der Waals surface area contributed by atoms with Crippen LogP contribution in [-0.2, 0) is 33.4 Å². The second-order valence-corrected chi connectivity index (χ2v) is 14.3. The summed E-state index contributed by atoms with van der Waals surface area (Å²) in [4.78, 5) is 59.2. The average molecular weight is 753 g/mol. The van der Waals surface area contributed by atoms with Crippen molar-refractivity contribution in [1.82, 2.24) is 10.2 Å². The van der Waals surface area contributed by atoms with E-state index in [0.717, 1.165) is 11.1 Å². The molecule has 2 N–H and O–H groups in total. The molecular formula is C38H46BrN3O8. The van der Waals surface area contributed by atoms with Crippen molar-refractivity contribution in [3.63, 3.8) is 0 Å². The van der Waals surface area contributed by atoms with Crippen LogP contribution >= 0.6 is 15.9 Å². The topological polar surface area (TPSA) is 135 Å². The second-order valence-electron chi connectivity index (χ2n) is 13.1. The number of carbonyl (C=O) groups excluding carboxylic acids is 4. The van der Waals surface area contributed by atoms with E-state index in [1.165, 1.54) is 12.0 Å². The molecule has 3 aliphatic rings. The normalized spacial score (nSPS) is 26.2. The van der Waals surface area contributed by atoms with E-state index in [9.17, 15) is 24.3 Å². The number of benzene rings is 2. The monoisotopic (exact) mass is 751 g/mol. The Kier molecular flexibility index (Phi) is 12.0. The minimum absolute atomic E-state index is 0.0446. The Morgan fingerprint density at radius 2 is 1.84 bits per heavy atom. The zero-order chi connectivity index (χ0) is 36.2. The molecule has 0 aliphatic carbocycles. The van der Waals surface area contributed by atoms with Gasteiger partial charge in [-0.25, -0.2) is 0 Å². The summed E-state index contributed by atoms with van der Waals surface area (Å²) in [6.07, 6.45) is 2.51. The zero-order valence-corrected chi connectivity index (χ0v) is 30.3. The van der Waals surface area contributed by atoms with Gasteiger partial charge in [0.2, 0.25) is 11.8 Å². The molecule has 0 saturated carbocycles. The Labute approximate surface area is 301 Å². The summed E-state index contributed by atoms with van der Waals surface area (Å²) in [5, 5.41) is 13.1. The molecule has 3 heterocycles. The Morgan fingerprint density at radius 3 is 2.46 bits per heavy atom. The van der Waals surface area contributed by atoms with Gasteiger partial charge in [-0.05, 0) is 43.4 Å². The van der Waals surface area contributed by atoms with Gasteiger partial charge >= 0.3 is 5.97 Å². The molecule has 11 nitrogen and oxygen atoms in total. The van der Waals surface area contributed by atoms with Gasteiger partial charge in [0.1, 0.15) is 17.7 Å². The highest BCUT2D eigenvalue weighted by molar-refractivity contribution is 9.09. The maximum Gasteiger partial charge on any atom is 0.313 e. The van der Waals surface area contributed by atoms with Gasteiger partial charge in [-0.1, -0.05) is 76.6 Å². The number of fused-ring (bicyclic) bond motifs is 1. The van der Waals surface area contributed by atoms with Gasteiger partial charge in [0, 0.05) is 37.1 Å². The van der Waals surface area contributed by atoms with E-state index in [1.807, 2.05) is 38.1 Å². The number of amides is 3. The number of β-amino-alcohol motifs (C(OH)–C–C–N with tert-alkyl or cyclic N) is 1. The average Bonchev–Trinajstić information content (AvgIpc) is 3.69. The third-order valence-corrected chi connectivity index (χ3v) is 10.8. The predicted octanol–water partition coefficient (Wildman–Crippen LogP) is 3.94. The van der Waals surface area contributed by atoms with Gasteiger partial charge in [-0.2, -0.15) is 0 Å². The third-order valence-electron chi connectivity index (χ3n) is 9.93. The molecule has 2 aromatic rings. The van der Waals surface area contributed by atoms with Crippen molar-refractivity contribution in [2.75, 3.05) is 38.3 Å². The predicted molar refractivity (Wildman–Crippen MR) is 191 cm³/mol. The van der Waals surface area contributed by atoms with Crippen molar-refractivity contribution in [2.45, 2.75) is 67.8 Å². The first-order valence-electron chi connectivity index (χ1n) is 16.9. The Hall–Kier alpha value is -3.84. The number of para-hydroxylation sites is 1. The van der Waals surface area contributed by atoms with E-state index >= 15 is 0 Å². The Morgan fingerprint density at radius 1 is 1.14 bits per heavy atom. The van der Waals surface area contributed by atoms with Crippen LogP contribution in [0.25, 0.3) is 0 Å². The number of esters is 1. The van der Waals surface area contributed by atoms with Crippen LogP contribution in [0.4, 0.5) is 5.69 Å². The number of nitrogens with zero attached hydrogens (tertiary/aromatic N) is 2. The first-order valence-corrected chi connectivity index (χ1v) is 17.8. The van der Waals surface area contributed by atoms with Crippen LogP contribution < -0.4 is 10.2 Å². The molecule has 268 valence electrons. The Bertz CT molecular complexity index is 1580. The lowest BCUT2D eigenvalue weighted by molar-refractivity contribution is -0.163. The number of hydrogen-bond donors (Lipinski definition) is 2. The summed E-state index contributed by atoms with van der Waals surface area (Å²) in [5.74, 6) is -3.90. The number of rotatable bonds is 16. The van der Waals surface area contributed by atoms with Gasteiger partial charge in [0.15, 0.2) is 0 Å². The van der Waals surface area contributed by atoms with E-state index < -0.39 is 53.6 Å². The molecule has 0 radical (unpaired) electrons. The van der Waals surface area contributed by atoms with E-state index in [-0.39, 0.29) is 49.4 Å². The summed E-state index contributed by atoms with van der Waals surface area (Å²) in [6, 6.07) is 12.9. The Balaban J connectivity index is 1.52. The first kappa shape index (κ1) is 37.4. The number of allylic oxidation sites excluding steroid dienone is 1. The van der Waals surface area contributed by atoms with Crippen LogP contribution in [0, 0.1) is 25.7 Å². The highest BCUT2D eigenvalue weighted by Gasteiger charge is 2.77. The highest BCUT2D eigenvalue weighted by atomic mass is 79.9. The SMILES string of the molecule is C=CCCC(=O)N[C@H](COC)[C@H](OC(=O)[C@H]1[C@@H]2O[C@@]3(CC2Br)[C@@H]1C(=O)N(CCO)[C@@H]3C(=O)N(CC=C)c1c(C)cccc1C)c1ccccc1. The smallest absolute Gasteiger partial charge is 0.313 e. The number of halogens is 1. The fraction of sp³-hybridized carbons (Fsp3) is 0.474. The first-order chi connectivity index (χ1) is 24.0. The summed E-state index contributed by atoms with van der Waals surface area (Å²) in [7, 11) is 1.49. The highest BCUT2D eigenvalue weighted by Crippen LogP contribution is 2.60. The van der Waals surface area contributed by atoms with Crippen molar-refractivity contribution in [1.29, 1.82) is 0 Å². The fourth-order valence-electron chi connectivity index (χ4n) is 7.95. The lowest BCUT2D eigenvalue weighted by Gasteiger charge is -2.37. The summed E-state index contributed by atoms with van der Waals surface area (Å²) in [5.41, 5.74) is 1.71. The van der Waals surface area contributed by atoms with Crippen LogP contribution in [0.15, 0.2) is 73.8 Å². The molecule has 2 bridgehead atoms. The van der Waals surface area contributed by atoms with Gasteiger partial charge in [-0.15, -0.1) is 13.2 Å². The number of likely N-dealkylation sites (tertiary alicyclic amines) is 1. The summed E-state index contributed by atoms with van der Waals surface area (Å²) < 4.78 is 18.4. The quantitative estimate of drug-likeness (QED) is 0.150. The van der Waals surface area contributed by atoms with E-state index in [1.54, 1.807) is 41.3 Å². The number of aliphatic hydroxyl groups is 1. The van der Waals surface area contributed by atoms with Crippen molar-refractivity contribution in [2.24, 2.45) is 11.8 Å². The molecule has 3 saturated heterocycles. The second kappa shape index (κ2) is 16.0. The van der Waals surface area contributed by atoms with Gasteiger partial charge < -0.3 is 34.4 Å². The molecule has 0 aromatic heterocycles. The van der Waals surface area contributed by atoms with Crippen LogP contribution in [0.3, 0.4) is 0 Å². The molecular weight excluding hydrogens is 706 g/mol. The van der Waals surface area contributed by atoms with Crippen LogP contribution in [0.5, 0.6) is 0 Å². The fourth-order valence-corrected chi connectivity index (χ4v) is 8.89. The number of methoxy groups -OCH3 is 1. The zero-order valence-electron chi connectivity index (χ0n) is 28.8. The minimum Gasteiger partial charge on any atom is -0.455 e. The third kappa shape index (κ3) is 6.90. The van der Waals surface area contributed by atoms with Crippen molar-refractivity contribution < 1.29 is 38.5 Å². The van der Waals surface area contributed by atoms with E-state index in [2.05, 4.69) is 34.4 Å². The molecule has 8 atom stereocenters. The lowest BCUT2D eigenvalue weighted by Crippen LogP contribution is -2.57. The molecule has 1 spiro atoms. The van der Waals surface area contributed by atoms with Crippen molar-refractivity contribution in [3.8, 4) is 0 Å². The molecule has 5 rings (SSSR count). The van der Waals surface area contributed by atoms with Crippen LogP contribution in [-0.4, -0.2) is 95.7 Å². The molecule has 12 heteroatoms. The summed E-state index contributed by atoms with van der Waals surface area (Å²) >= 11 is 3.71. The minimum atomic E-state index is -1.37. The molecule has 3 fully saturated rings. The van der Waals surface area contributed by atoms with E-state index in [4.69, 9.17) is 14.2 Å². The molecule has 50 heavy (non-hydrogen) atoms. The van der Waals surface area contributed by atoms with Gasteiger partial charge in [0.25, 0.3) is 5.91 Å². The number of hydrogen-bond acceptors (Lipinski definition) is 8. The number of carbonyl (C=O) groups is 4. The summed E-state index contributed by atoms with van der Waals surface area (Å²) in [6.45, 7) is 11.1. The molecule has 1 unspecified atom stereocenters. The number of anilines is 1. The van der Waals surface area contributed by atoms with Gasteiger partial charge in [-0.3, -0.25) is 19.2 Å². The lowest BCUT2D eigenvalue weighted by atomic mass is 9.70. The largest absolute Gasteiger partial charge is 0.455 e. The van der Waals surface area contributed by atoms with Gasteiger partial charge in [0.05, 0.1) is 37.2 Å². The van der Waals surface area contributed by atoms with Crippen LogP contribution in [0.2, 0.25) is 0 Å². The van der Waals surface area contributed by atoms with Crippen molar-refractivity contribution >= 4 is 45.3 Å². The standard InChI is InChI=1S/C38H46BrN3O8/c1-6-8-17-28(44)40-27(22-48-5)32(25-15-10-9-11-16-25)49-37(47)29-30-35(45)42(19-20-43)34(38(30)21-26(39)33(29)50-38)36(46)41(18-7-2)31-23(3)13-12-14-24(31)4/h6-7,9-16,26-27,29-30,32-34,43H,1-2,8,17-22H2,3-5H3,(H,40,44)/t26?,27-,29-,30+,32-,33-,34-,38+/m1/s1. The maximum absolute atomic E-state index is 14.8. The number of alkyl halides is 1. The number of aryl methyl sites for hydroxylation is 2. The number of aliphatic hydroxyl groups excluding tert-OH is 1. The molecule has 3 aliphatic heterocycles. The van der Waals surface area contributed by atoms with E-state index in [0.29, 0.717) is 24.1 Å².